The molecule has 0 fully saturated rings. The van der Waals surface area contributed by atoms with Gasteiger partial charge in [-0.2, -0.15) is 0 Å². The molecule has 0 amide bonds. The minimum absolute atomic E-state index is 0.794. The average Bonchev–Trinajstić information content (AvgIpc) is 2.06. The van der Waals surface area contributed by atoms with Crippen molar-refractivity contribution in [2.24, 2.45) is 0 Å². The number of allylic oxidation sites excluding steroid dienone is 1. The van der Waals surface area contributed by atoms with Crippen LogP contribution in [0.1, 0.15) is 25.7 Å². The van der Waals surface area contributed by atoms with Gasteiger partial charge in [-0.25, -0.2) is 0 Å². The zero-order valence-electron chi connectivity index (χ0n) is 8.02. The molecule has 0 aliphatic heterocycles. The first-order valence-electron chi connectivity index (χ1n) is 4.64. The lowest BCUT2D eigenvalue weighted by atomic mass is 9.93. The van der Waals surface area contributed by atoms with Crippen LogP contribution >= 0.6 is 22.6 Å². The van der Waals surface area contributed by atoms with Gasteiger partial charge in [-0.05, 0) is 39.8 Å². The van der Waals surface area contributed by atoms with Gasteiger partial charge in [0.1, 0.15) is 0 Å². The van der Waals surface area contributed by atoms with Gasteiger partial charge in [-0.15, -0.1) is 0 Å². The maximum atomic E-state index is 2.46. The van der Waals surface area contributed by atoms with Gasteiger partial charge in [-0.1, -0.05) is 34.2 Å². The number of hydrogen-bond acceptors (Lipinski definition) is 1. The molecule has 0 heterocycles. The molecule has 1 atom stereocenters. The highest BCUT2D eigenvalue weighted by atomic mass is 127. The zero-order valence-corrected chi connectivity index (χ0v) is 10.2. The van der Waals surface area contributed by atoms with E-state index in [4.69, 9.17) is 0 Å². The Labute approximate surface area is 89.3 Å². The molecule has 0 aromatic carbocycles. The van der Waals surface area contributed by atoms with Gasteiger partial charge in [0.15, 0.2) is 0 Å². The molecular formula is C10H18IN. The quantitative estimate of drug-likeness (QED) is 0.436. The lowest BCUT2D eigenvalue weighted by Gasteiger charge is -2.27. The lowest BCUT2D eigenvalue weighted by molar-refractivity contribution is 0.272. The average molecular weight is 279 g/mol. The summed E-state index contributed by atoms with van der Waals surface area (Å²) in [4.78, 5) is 2.34. The first-order chi connectivity index (χ1) is 5.74. The summed E-state index contributed by atoms with van der Waals surface area (Å²) in [6.45, 7) is 0. The van der Waals surface area contributed by atoms with E-state index in [0.717, 1.165) is 6.04 Å². The molecule has 1 aliphatic rings. The SMILES string of the molecule is CN(C)C1CC=C(CCI)CC1. The summed E-state index contributed by atoms with van der Waals surface area (Å²) in [7, 11) is 4.36. The molecule has 2 heteroatoms. The van der Waals surface area contributed by atoms with Crippen molar-refractivity contribution in [3.63, 3.8) is 0 Å². The topological polar surface area (TPSA) is 3.24 Å². The monoisotopic (exact) mass is 279 g/mol. The summed E-state index contributed by atoms with van der Waals surface area (Å²) in [6, 6.07) is 0.794. The van der Waals surface area contributed by atoms with E-state index in [1.165, 1.54) is 30.1 Å². The lowest BCUT2D eigenvalue weighted by Crippen LogP contribution is -2.29. The Morgan fingerprint density at radius 1 is 1.58 bits per heavy atom. The third-order valence-corrected chi connectivity index (χ3v) is 3.16. The molecule has 1 nitrogen and oxygen atoms in total. The van der Waals surface area contributed by atoms with Gasteiger partial charge in [0.25, 0.3) is 0 Å². The van der Waals surface area contributed by atoms with Crippen LogP contribution in [0.4, 0.5) is 0 Å². The standard InChI is InChI=1S/C10H18IN/c1-12(2)10-5-3-9(4-6-10)7-8-11/h3,10H,4-8H2,1-2H3. The highest BCUT2D eigenvalue weighted by molar-refractivity contribution is 14.1. The summed E-state index contributed by atoms with van der Waals surface area (Å²) in [5.41, 5.74) is 1.68. The highest BCUT2D eigenvalue weighted by Crippen LogP contribution is 2.23. The van der Waals surface area contributed by atoms with Crippen LogP contribution in [0.2, 0.25) is 0 Å². The fraction of sp³-hybridized carbons (Fsp3) is 0.800. The molecule has 0 radical (unpaired) electrons. The molecule has 0 spiro atoms. The smallest absolute Gasteiger partial charge is 0.0127 e. The third kappa shape index (κ3) is 3.05. The molecule has 0 bridgehead atoms. The summed E-state index contributed by atoms with van der Waals surface area (Å²) in [5.74, 6) is 0. The van der Waals surface area contributed by atoms with Crippen LogP contribution in [-0.2, 0) is 0 Å². The first-order valence-corrected chi connectivity index (χ1v) is 6.17. The predicted molar refractivity (Wildman–Crippen MR) is 62.9 cm³/mol. The van der Waals surface area contributed by atoms with Crippen molar-refractivity contribution in [3.8, 4) is 0 Å². The summed E-state index contributed by atoms with van der Waals surface area (Å²) < 4.78 is 1.27. The van der Waals surface area contributed by atoms with Crippen molar-refractivity contribution in [3.05, 3.63) is 11.6 Å². The molecule has 1 rings (SSSR count). The third-order valence-electron chi connectivity index (χ3n) is 2.62. The van der Waals surface area contributed by atoms with Crippen LogP contribution in [-0.4, -0.2) is 29.5 Å². The van der Waals surface area contributed by atoms with Gasteiger partial charge in [0.05, 0.1) is 0 Å². The molecule has 0 saturated heterocycles. The Balaban J connectivity index is 2.36. The molecule has 1 unspecified atom stereocenters. The van der Waals surface area contributed by atoms with Crippen molar-refractivity contribution >= 4 is 22.6 Å². The van der Waals surface area contributed by atoms with E-state index in [0.29, 0.717) is 0 Å². The minimum atomic E-state index is 0.794. The molecule has 0 N–H and O–H groups in total. The second kappa shape index (κ2) is 5.22. The fourth-order valence-electron chi connectivity index (χ4n) is 1.69. The normalized spacial score (nSPS) is 24.3. The summed E-state index contributed by atoms with van der Waals surface area (Å²) in [6.07, 6.45) is 7.70. The van der Waals surface area contributed by atoms with Crippen molar-refractivity contribution in [2.75, 3.05) is 18.5 Å². The first kappa shape index (κ1) is 10.5. The number of nitrogens with zero attached hydrogens (tertiary/aromatic N) is 1. The number of hydrogen-bond donors (Lipinski definition) is 0. The van der Waals surface area contributed by atoms with Crippen molar-refractivity contribution in [1.82, 2.24) is 4.90 Å². The van der Waals surface area contributed by atoms with Crippen LogP contribution in [0.25, 0.3) is 0 Å². The maximum absolute atomic E-state index is 2.46. The minimum Gasteiger partial charge on any atom is -0.306 e. The van der Waals surface area contributed by atoms with Crippen molar-refractivity contribution in [2.45, 2.75) is 31.7 Å². The van der Waals surface area contributed by atoms with Crippen LogP contribution in [0.15, 0.2) is 11.6 Å². The molecule has 12 heavy (non-hydrogen) atoms. The van der Waals surface area contributed by atoms with Gasteiger partial charge in [-0.3, -0.25) is 0 Å². The Hall–Kier alpha value is 0.430. The summed E-state index contributed by atoms with van der Waals surface area (Å²) >= 11 is 2.46. The van der Waals surface area contributed by atoms with Gasteiger partial charge in [0.2, 0.25) is 0 Å². The van der Waals surface area contributed by atoms with Crippen LogP contribution in [0, 0.1) is 0 Å². The van der Waals surface area contributed by atoms with E-state index in [-0.39, 0.29) is 0 Å². The molecule has 1 aliphatic carbocycles. The van der Waals surface area contributed by atoms with E-state index >= 15 is 0 Å². The Bertz CT molecular complexity index is 163. The molecular weight excluding hydrogens is 261 g/mol. The van der Waals surface area contributed by atoms with E-state index in [9.17, 15) is 0 Å². The molecule has 70 valence electrons. The number of rotatable bonds is 3. The fourth-order valence-corrected chi connectivity index (χ4v) is 2.38. The molecule has 0 saturated carbocycles. The maximum Gasteiger partial charge on any atom is 0.0127 e. The van der Waals surface area contributed by atoms with E-state index in [1.807, 2.05) is 0 Å². The van der Waals surface area contributed by atoms with Crippen LogP contribution in [0.5, 0.6) is 0 Å². The zero-order chi connectivity index (χ0) is 8.97. The second-order valence-corrected chi connectivity index (χ2v) is 4.77. The summed E-state index contributed by atoms with van der Waals surface area (Å²) in [5, 5.41) is 0. The highest BCUT2D eigenvalue weighted by Gasteiger charge is 2.14. The largest absolute Gasteiger partial charge is 0.306 e. The van der Waals surface area contributed by atoms with Gasteiger partial charge >= 0.3 is 0 Å². The Morgan fingerprint density at radius 2 is 2.33 bits per heavy atom. The molecule has 0 aromatic rings. The molecule has 0 aromatic heterocycles. The number of alkyl halides is 1. The van der Waals surface area contributed by atoms with E-state index < -0.39 is 0 Å². The predicted octanol–water partition coefficient (Wildman–Crippen LogP) is 2.85. The van der Waals surface area contributed by atoms with Crippen LogP contribution < -0.4 is 0 Å². The Kier molecular flexibility index (Phi) is 4.57. The second-order valence-electron chi connectivity index (χ2n) is 3.69. The van der Waals surface area contributed by atoms with Gasteiger partial charge < -0.3 is 4.90 Å². The van der Waals surface area contributed by atoms with Crippen molar-refractivity contribution in [1.29, 1.82) is 0 Å². The van der Waals surface area contributed by atoms with Gasteiger partial charge in [0, 0.05) is 10.5 Å². The Morgan fingerprint density at radius 3 is 2.75 bits per heavy atom. The van der Waals surface area contributed by atoms with Crippen molar-refractivity contribution < 1.29 is 0 Å². The van der Waals surface area contributed by atoms with Crippen LogP contribution in [0.3, 0.4) is 0 Å². The van der Waals surface area contributed by atoms with E-state index in [1.54, 1.807) is 5.57 Å². The van der Waals surface area contributed by atoms with E-state index in [2.05, 4.69) is 47.7 Å². The number of halogens is 1.